The van der Waals surface area contributed by atoms with E-state index in [2.05, 4.69) is 15.3 Å². The van der Waals surface area contributed by atoms with Crippen LogP contribution in [0.5, 0.6) is 5.75 Å². The number of carbonyl (C=O) groups is 2. The average Bonchev–Trinajstić information content (AvgIpc) is 3.61. The second-order valence-corrected chi connectivity index (χ2v) is 7.99. The van der Waals surface area contributed by atoms with Crippen molar-refractivity contribution in [2.24, 2.45) is 5.92 Å². The van der Waals surface area contributed by atoms with Crippen LogP contribution < -0.4 is 10.1 Å². The summed E-state index contributed by atoms with van der Waals surface area (Å²) in [6, 6.07) is 7.21. The molecule has 2 atom stereocenters. The third kappa shape index (κ3) is 4.99. The van der Waals surface area contributed by atoms with Crippen LogP contribution in [0.15, 0.2) is 30.6 Å². The Hall–Kier alpha value is -3.07. The molecule has 2 aliphatic rings. The lowest BCUT2D eigenvalue weighted by atomic mass is 10.0. The fourth-order valence-electron chi connectivity index (χ4n) is 3.60. The van der Waals surface area contributed by atoms with Gasteiger partial charge in [0, 0.05) is 30.5 Å². The van der Waals surface area contributed by atoms with Crippen LogP contribution in [0.2, 0.25) is 0 Å². The number of aliphatic hydroxyl groups is 1. The van der Waals surface area contributed by atoms with Gasteiger partial charge in [0.15, 0.2) is 6.17 Å². The molecule has 2 heterocycles. The number of nitrogens with one attached hydrogen (secondary N) is 1. The topological polar surface area (TPSA) is 105 Å². The first kappa shape index (κ1) is 21.2. The van der Waals surface area contributed by atoms with Gasteiger partial charge in [-0.3, -0.25) is 9.59 Å². The zero-order chi connectivity index (χ0) is 22.0. The van der Waals surface area contributed by atoms with Crippen molar-refractivity contribution >= 4 is 17.6 Å². The molecule has 8 nitrogen and oxygen atoms in total. The number of likely N-dealkylation sites (tertiary alicyclic amines) is 1. The molecule has 2 N–H and O–H groups in total. The van der Waals surface area contributed by atoms with Gasteiger partial charge >= 0.3 is 0 Å². The molecule has 1 saturated carbocycles. The largest absolute Gasteiger partial charge is 0.487 e. The van der Waals surface area contributed by atoms with Crippen LogP contribution >= 0.6 is 0 Å². The van der Waals surface area contributed by atoms with E-state index in [4.69, 9.17) is 9.84 Å². The predicted octanol–water partition coefficient (Wildman–Crippen LogP) is 2.11. The summed E-state index contributed by atoms with van der Waals surface area (Å²) in [5.41, 5.74) is 2.31. The van der Waals surface area contributed by atoms with Crippen molar-refractivity contribution in [1.29, 1.82) is 0 Å². The van der Waals surface area contributed by atoms with Crippen molar-refractivity contribution in [3.63, 3.8) is 0 Å². The minimum Gasteiger partial charge on any atom is -0.487 e. The van der Waals surface area contributed by atoms with E-state index in [1.165, 1.54) is 11.2 Å². The number of ether oxygens (including phenoxy) is 1. The molecule has 2 fully saturated rings. The number of alkyl halides is 1. The smallest absolute Gasteiger partial charge is 0.248 e. The molecule has 0 unspecified atom stereocenters. The van der Waals surface area contributed by atoms with Crippen LogP contribution in [-0.4, -0.2) is 63.8 Å². The number of aliphatic hydroxyl groups excluding tert-OH is 1. The predicted molar refractivity (Wildman–Crippen MR) is 111 cm³/mol. The summed E-state index contributed by atoms with van der Waals surface area (Å²) in [5, 5.41) is 11.8. The summed E-state index contributed by atoms with van der Waals surface area (Å²) in [4.78, 5) is 33.2. The molecule has 0 bridgehead atoms. The Kier molecular flexibility index (Phi) is 6.13. The number of anilines is 1. The molecule has 9 heteroatoms. The Morgan fingerprint density at radius 2 is 2.06 bits per heavy atom. The molecule has 1 saturated heterocycles. The molecule has 1 aliphatic carbocycles. The van der Waals surface area contributed by atoms with Crippen molar-refractivity contribution in [2.75, 3.05) is 25.0 Å². The van der Waals surface area contributed by atoms with E-state index in [9.17, 15) is 14.0 Å². The Labute approximate surface area is 179 Å². The average molecular weight is 428 g/mol. The zero-order valence-corrected chi connectivity index (χ0v) is 17.3. The molecule has 1 aromatic carbocycles. The number of halogens is 1. The van der Waals surface area contributed by atoms with Gasteiger partial charge in [-0.15, -0.1) is 0 Å². The van der Waals surface area contributed by atoms with E-state index in [0.717, 1.165) is 24.0 Å². The summed E-state index contributed by atoms with van der Waals surface area (Å²) >= 11 is 0. The lowest BCUT2D eigenvalue weighted by molar-refractivity contribution is -0.138. The van der Waals surface area contributed by atoms with Crippen molar-refractivity contribution < 1.29 is 23.8 Å². The quantitative estimate of drug-likeness (QED) is 0.730. The van der Waals surface area contributed by atoms with Gasteiger partial charge in [-0.25, -0.2) is 14.4 Å². The molecule has 1 aliphatic heterocycles. The maximum atomic E-state index is 14.5. The number of nitrogens with zero attached hydrogens (tertiary/aromatic N) is 3. The van der Waals surface area contributed by atoms with Gasteiger partial charge in [-0.2, -0.15) is 0 Å². The van der Waals surface area contributed by atoms with Gasteiger partial charge in [-0.05, 0) is 43.5 Å². The van der Waals surface area contributed by atoms with Crippen LogP contribution in [0.1, 0.15) is 24.8 Å². The van der Waals surface area contributed by atoms with E-state index in [-0.39, 0.29) is 18.4 Å². The number of rotatable bonds is 6. The van der Waals surface area contributed by atoms with Gasteiger partial charge in [0.05, 0.1) is 12.2 Å². The van der Waals surface area contributed by atoms with Crippen LogP contribution in [-0.2, 0) is 9.59 Å². The molecule has 2 aromatic rings. The first-order valence-corrected chi connectivity index (χ1v) is 10.4. The van der Waals surface area contributed by atoms with Gasteiger partial charge in [-0.1, -0.05) is 0 Å². The molecule has 4 rings (SSSR count). The molecule has 164 valence electrons. The number of carbonyl (C=O) groups excluding carboxylic acids is 2. The van der Waals surface area contributed by atoms with Crippen molar-refractivity contribution in [2.45, 2.75) is 38.5 Å². The minimum atomic E-state index is -1.33. The first-order valence-electron chi connectivity index (χ1n) is 10.4. The van der Waals surface area contributed by atoms with Crippen molar-refractivity contribution in [3.8, 4) is 17.0 Å². The monoisotopic (exact) mass is 428 g/mol. The fourth-order valence-corrected chi connectivity index (χ4v) is 3.60. The number of aromatic nitrogens is 2. The summed E-state index contributed by atoms with van der Waals surface area (Å²) in [7, 11) is 0. The van der Waals surface area contributed by atoms with Crippen LogP contribution in [0.3, 0.4) is 0 Å². The Morgan fingerprint density at radius 3 is 2.74 bits per heavy atom. The van der Waals surface area contributed by atoms with E-state index < -0.39 is 24.8 Å². The van der Waals surface area contributed by atoms with Crippen molar-refractivity contribution in [3.05, 3.63) is 36.2 Å². The summed E-state index contributed by atoms with van der Waals surface area (Å²) < 4.78 is 20.4. The van der Waals surface area contributed by atoms with E-state index in [0.29, 0.717) is 30.2 Å². The van der Waals surface area contributed by atoms with E-state index in [1.54, 1.807) is 12.1 Å². The Morgan fingerprint density at radius 1 is 1.26 bits per heavy atom. The molecule has 0 radical (unpaired) electrons. The Bertz CT molecular complexity index is 982. The standard InChI is InChI=1S/C22H25FN4O4/c1-13-8-15(17-9-20(25-12-24-17)26-22(30)14-2-3-14)4-5-18(13)31-19-6-7-27(10-16(19)23)21(29)11-28/h4-5,8-9,12,14,16,19,28H,2-3,6-7,10-11H2,1H3,(H,24,25,26,30)/t16-,19-/m1/s1. The summed E-state index contributed by atoms with van der Waals surface area (Å²) in [5.74, 6) is 0.625. The van der Waals surface area contributed by atoms with Gasteiger partial charge in [0.25, 0.3) is 0 Å². The normalized spacial score (nSPS) is 20.9. The number of hydrogen-bond donors (Lipinski definition) is 2. The van der Waals surface area contributed by atoms with Crippen LogP contribution in [0.25, 0.3) is 11.3 Å². The van der Waals surface area contributed by atoms with E-state index in [1.807, 2.05) is 19.1 Å². The second kappa shape index (κ2) is 8.97. The van der Waals surface area contributed by atoms with E-state index >= 15 is 0 Å². The maximum absolute atomic E-state index is 14.5. The number of hydrogen-bond acceptors (Lipinski definition) is 6. The summed E-state index contributed by atoms with van der Waals surface area (Å²) in [6.45, 7) is 1.51. The molecule has 31 heavy (non-hydrogen) atoms. The molecule has 2 amide bonds. The maximum Gasteiger partial charge on any atom is 0.248 e. The lowest BCUT2D eigenvalue weighted by Gasteiger charge is -2.34. The number of aryl methyl sites for hydroxylation is 1. The van der Waals surface area contributed by atoms with Gasteiger partial charge < -0.3 is 20.1 Å². The van der Waals surface area contributed by atoms with Crippen molar-refractivity contribution in [1.82, 2.24) is 14.9 Å². The first-order chi connectivity index (χ1) is 14.9. The molecule has 0 spiro atoms. The summed E-state index contributed by atoms with van der Waals surface area (Å²) in [6.07, 6.45) is 1.61. The fraction of sp³-hybridized carbons (Fsp3) is 0.455. The second-order valence-electron chi connectivity index (χ2n) is 7.99. The Balaban J connectivity index is 1.43. The highest BCUT2D eigenvalue weighted by atomic mass is 19.1. The third-order valence-corrected chi connectivity index (χ3v) is 5.59. The lowest BCUT2D eigenvalue weighted by Crippen LogP contribution is -2.50. The van der Waals surface area contributed by atoms with Gasteiger partial charge in [0.1, 0.15) is 30.6 Å². The number of amides is 2. The highest BCUT2D eigenvalue weighted by Gasteiger charge is 2.33. The number of piperidine rings is 1. The highest BCUT2D eigenvalue weighted by molar-refractivity contribution is 5.93. The SMILES string of the molecule is Cc1cc(-c2cc(NC(=O)C3CC3)ncn2)ccc1O[C@@H]1CCN(C(=O)CO)C[C@H]1F. The molecular weight excluding hydrogens is 403 g/mol. The number of benzene rings is 1. The molecular formula is C22H25FN4O4. The highest BCUT2D eigenvalue weighted by Crippen LogP contribution is 2.31. The van der Waals surface area contributed by atoms with Crippen LogP contribution in [0.4, 0.5) is 10.2 Å². The van der Waals surface area contributed by atoms with Gasteiger partial charge in [0.2, 0.25) is 11.8 Å². The van der Waals surface area contributed by atoms with Crippen LogP contribution in [0, 0.1) is 12.8 Å². The zero-order valence-electron chi connectivity index (χ0n) is 17.3. The minimum absolute atomic E-state index is 0.0166. The molecule has 1 aromatic heterocycles. The third-order valence-electron chi connectivity index (χ3n) is 5.59.